The van der Waals surface area contributed by atoms with Crippen LogP contribution in [0.4, 0.5) is 0 Å². The molecule has 0 aromatic carbocycles. The number of aromatic nitrogens is 2. The van der Waals surface area contributed by atoms with Crippen LogP contribution in [0.25, 0.3) is 0 Å². The van der Waals surface area contributed by atoms with Crippen molar-refractivity contribution in [2.45, 2.75) is 57.5 Å². The Kier molecular flexibility index (Phi) is 9.89. The first-order valence-corrected chi connectivity index (χ1v) is 10.3. The van der Waals surface area contributed by atoms with Gasteiger partial charge in [0.2, 0.25) is 0 Å². The number of hydrogen-bond acceptors (Lipinski definition) is 3. The molecule has 154 valence electrons. The number of halogens is 1. The first kappa shape index (κ1) is 22.5. The molecule has 3 rings (SSSR count). The number of aryl methyl sites for hydroxylation is 1. The van der Waals surface area contributed by atoms with Crippen LogP contribution in [-0.4, -0.2) is 60.0 Å². The van der Waals surface area contributed by atoms with Crippen LogP contribution in [0.2, 0.25) is 0 Å². The van der Waals surface area contributed by atoms with Gasteiger partial charge in [-0.1, -0.05) is 25.7 Å². The van der Waals surface area contributed by atoms with E-state index >= 15 is 0 Å². The maximum atomic E-state index is 6.08. The molecule has 0 bridgehead atoms. The van der Waals surface area contributed by atoms with E-state index in [0.29, 0.717) is 12.0 Å². The normalized spacial score (nSPS) is 21.8. The molecule has 1 saturated heterocycles. The van der Waals surface area contributed by atoms with Gasteiger partial charge in [0, 0.05) is 39.9 Å². The van der Waals surface area contributed by atoms with Crippen LogP contribution < -0.4 is 5.32 Å². The Balaban J connectivity index is 0.00000261. The fourth-order valence-electron chi connectivity index (χ4n) is 4.23. The number of hydrogen-bond donors (Lipinski definition) is 1. The lowest BCUT2D eigenvalue weighted by atomic mass is 10.0. The standard InChI is InChI=1S/C20H35N5O.HI/c1-21-20(22-10-12-26-19-7-5-3-4-6-8-19)25-11-9-17(16-25)13-18-14-23-24(2)15-18;/h14-15,17,19H,3-13,16H2,1-2H3,(H,21,22);1H. The fourth-order valence-corrected chi connectivity index (χ4v) is 4.23. The van der Waals surface area contributed by atoms with E-state index in [1.807, 2.05) is 25.0 Å². The molecule has 27 heavy (non-hydrogen) atoms. The Morgan fingerprint density at radius 2 is 2.04 bits per heavy atom. The summed E-state index contributed by atoms with van der Waals surface area (Å²) in [6.07, 6.45) is 14.8. The number of guanidine groups is 1. The number of ether oxygens (including phenoxy) is 1. The minimum Gasteiger partial charge on any atom is -0.376 e. The third kappa shape index (κ3) is 7.25. The van der Waals surface area contributed by atoms with Crippen molar-refractivity contribution < 1.29 is 4.74 Å². The summed E-state index contributed by atoms with van der Waals surface area (Å²) >= 11 is 0. The minimum atomic E-state index is 0. The molecule has 7 heteroatoms. The molecule has 2 heterocycles. The summed E-state index contributed by atoms with van der Waals surface area (Å²) in [5.41, 5.74) is 1.33. The lowest BCUT2D eigenvalue weighted by Gasteiger charge is -2.22. The zero-order valence-corrected chi connectivity index (χ0v) is 19.2. The third-order valence-electron chi connectivity index (χ3n) is 5.62. The molecule has 1 aromatic heterocycles. The average molecular weight is 489 g/mol. The van der Waals surface area contributed by atoms with Crippen molar-refractivity contribution in [3.8, 4) is 0 Å². The number of likely N-dealkylation sites (tertiary alicyclic amines) is 1. The highest BCUT2D eigenvalue weighted by atomic mass is 127. The van der Waals surface area contributed by atoms with Crippen molar-refractivity contribution in [1.29, 1.82) is 0 Å². The van der Waals surface area contributed by atoms with Gasteiger partial charge in [-0.2, -0.15) is 5.10 Å². The topological polar surface area (TPSA) is 54.7 Å². The molecule has 1 aliphatic carbocycles. The second-order valence-corrected chi connectivity index (χ2v) is 7.79. The molecule has 1 unspecified atom stereocenters. The minimum absolute atomic E-state index is 0. The molecule has 1 atom stereocenters. The van der Waals surface area contributed by atoms with Crippen LogP contribution in [0.3, 0.4) is 0 Å². The number of rotatable bonds is 6. The van der Waals surface area contributed by atoms with Crippen LogP contribution >= 0.6 is 24.0 Å². The van der Waals surface area contributed by atoms with Crippen LogP contribution in [0, 0.1) is 5.92 Å². The molecular weight excluding hydrogens is 453 g/mol. The van der Waals surface area contributed by atoms with Gasteiger partial charge in [0.15, 0.2) is 5.96 Å². The third-order valence-corrected chi connectivity index (χ3v) is 5.62. The van der Waals surface area contributed by atoms with E-state index in [0.717, 1.165) is 38.6 Å². The fraction of sp³-hybridized carbons (Fsp3) is 0.800. The summed E-state index contributed by atoms with van der Waals surface area (Å²) in [7, 11) is 3.86. The van der Waals surface area contributed by atoms with Crippen LogP contribution in [0.1, 0.15) is 50.5 Å². The van der Waals surface area contributed by atoms with Crippen molar-refractivity contribution in [2.75, 3.05) is 33.3 Å². The van der Waals surface area contributed by atoms with E-state index in [-0.39, 0.29) is 24.0 Å². The number of aliphatic imine (C=N–C) groups is 1. The molecule has 2 fully saturated rings. The molecule has 0 amide bonds. The Morgan fingerprint density at radius 1 is 1.26 bits per heavy atom. The average Bonchev–Trinajstić information content (AvgIpc) is 3.17. The largest absolute Gasteiger partial charge is 0.376 e. The molecule has 6 nitrogen and oxygen atoms in total. The molecule has 2 aliphatic rings. The van der Waals surface area contributed by atoms with Crippen LogP contribution in [-0.2, 0) is 18.2 Å². The predicted octanol–water partition coefficient (Wildman–Crippen LogP) is 3.22. The maximum Gasteiger partial charge on any atom is 0.193 e. The zero-order valence-electron chi connectivity index (χ0n) is 16.9. The van der Waals surface area contributed by atoms with E-state index in [2.05, 4.69) is 26.5 Å². The molecular formula is C20H36IN5O. The van der Waals surface area contributed by atoms with E-state index in [1.165, 1.54) is 50.5 Å². The Labute approximate surface area is 181 Å². The second kappa shape index (κ2) is 11.9. The molecule has 1 aliphatic heterocycles. The molecule has 1 saturated carbocycles. The summed E-state index contributed by atoms with van der Waals surface area (Å²) in [5.74, 6) is 1.70. The highest BCUT2D eigenvalue weighted by Gasteiger charge is 2.25. The van der Waals surface area contributed by atoms with Crippen molar-refractivity contribution >= 4 is 29.9 Å². The molecule has 1 N–H and O–H groups in total. The van der Waals surface area contributed by atoms with Crippen molar-refractivity contribution in [3.63, 3.8) is 0 Å². The Hall–Kier alpha value is -0.830. The van der Waals surface area contributed by atoms with Crippen molar-refractivity contribution in [3.05, 3.63) is 18.0 Å². The first-order chi connectivity index (χ1) is 12.7. The quantitative estimate of drug-likeness (QED) is 0.219. The molecule has 0 radical (unpaired) electrons. The van der Waals surface area contributed by atoms with Gasteiger partial charge >= 0.3 is 0 Å². The second-order valence-electron chi connectivity index (χ2n) is 7.79. The van der Waals surface area contributed by atoms with Gasteiger partial charge in [-0.05, 0) is 37.2 Å². The summed E-state index contributed by atoms with van der Waals surface area (Å²) in [6.45, 7) is 3.76. The summed E-state index contributed by atoms with van der Waals surface area (Å²) in [4.78, 5) is 6.86. The van der Waals surface area contributed by atoms with Gasteiger partial charge in [-0.15, -0.1) is 24.0 Å². The smallest absolute Gasteiger partial charge is 0.193 e. The highest BCUT2D eigenvalue weighted by Crippen LogP contribution is 2.21. The van der Waals surface area contributed by atoms with Gasteiger partial charge in [-0.3, -0.25) is 9.67 Å². The van der Waals surface area contributed by atoms with Gasteiger partial charge < -0.3 is 15.0 Å². The Bertz CT molecular complexity index is 568. The van der Waals surface area contributed by atoms with Gasteiger partial charge in [-0.25, -0.2) is 0 Å². The van der Waals surface area contributed by atoms with Crippen LogP contribution in [0.5, 0.6) is 0 Å². The predicted molar refractivity (Wildman–Crippen MR) is 121 cm³/mol. The lowest BCUT2D eigenvalue weighted by molar-refractivity contribution is 0.0466. The SMILES string of the molecule is CN=C(NCCOC1CCCCCC1)N1CCC(Cc2cnn(C)c2)C1.I. The van der Waals surface area contributed by atoms with E-state index < -0.39 is 0 Å². The van der Waals surface area contributed by atoms with Crippen LogP contribution in [0.15, 0.2) is 17.4 Å². The first-order valence-electron chi connectivity index (χ1n) is 10.3. The zero-order chi connectivity index (χ0) is 18.2. The lowest BCUT2D eigenvalue weighted by Crippen LogP contribution is -2.41. The monoisotopic (exact) mass is 489 g/mol. The van der Waals surface area contributed by atoms with Crippen molar-refractivity contribution in [1.82, 2.24) is 20.0 Å². The summed E-state index contributed by atoms with van der Waals surface area (Å²) in [5, 5.41) is 7.77. The van der Waals surface area contributed by atoms with E-state index in [9.17, 15) is 0 Å². The van der Waals surface area contributed by atoms with Gasteiger partial charge in [0.1, 0.15) is 0 Å². The van der Waals surface area contributed by atoms with E-state index in [1.54, 1.807) is 0 Å². The Morgan fingerprint density at radius 3 is 2.70 bits per heavy atom. The molecule has 1 aromatic rings. The summed E-state index contributed by atoms with van der Waals surface area (Å²) in [6, 6.07) is 0. The van der Waals surface area contributed by atoms with E-state index in [4.69, 9.17) is 4.74 Å². The maximum absolute atomic E-state index is 6.08. The van der Waals surface area contributed by atoms with Crippen molar-refractivity contribution in [2.24, 2.45) is 18.0 Å². The highest BCUT2D eigenvalue weighted by molar-refractivity contribution is 14.0. The van der Waals surface area contributed by atoms with Gasteiger partial charge in [0.05, 0.1) is 18.9 Å². The molecule has 0 spiro atoms. The number of nitrogens with one attached hydrogen (secondary N) is 1. The van der Waals surface area contributed by atoms with Gasteiger partial charge in [0.25, 0.3) is 0 Å². The number of nitrogens with zero attached hydrogens (tertiary/aromatic N) is 4. The summed E-state index contributed by atoms with van der Waals surface area (Å²) < 4.78 is 7.96.